The molecule has 8 nitrogen and oxygen atoms in total. The summed E-state index contributed by atoms with van der Waals surface area (Å²) in [5.41, 5.74) is 2.13. The van der Waals surface area contributed by atoms with Crippen molar-refractivity contribution in [2.24, 2.45) is 0 Å². The van der Waals surface area contributed by atoms with Crippen LogP contribution in [0.5, 0.6) is 0 Å². The molecule has 0 unspecified atom stereocenters. The van der Waals surface area contributed by atoms with E-state index in [4.69, 9.17) is 0 Å². The highest BCUT2D eigenvalue weighted by Gasteiger charge is 2.27. The Kier molecular flexibility index (Phi) is 6.20. The average molecular weight is 488 g/mol. The van der Waals surface area contributed by atoms with E-state index in [1.807, 2.05) is 4.83 Å². The van der Waals surface area contributed by atoms with E-state index in [-0.39, 0.29) is 15.4 Å². The minimum Gasteiger partial charge on any atom is -0.273 e. The summed E-state index contributed by atoms with van der Waals surface area (Å²) in [7, 11) is -7.65. The average Bonchev–Trinajstić information content (AvgIpc) is 3.22. The topological polar surface area (TPSA) is 113 Å². The van der Waals surface area contributed by atoms with E-state index in [0.29, 0.717) is 17.6 Å². The van der Waals surface area contributed by atoms with Crippen LogP contribution in [0.2, 0.25) is 0 Å². The Morgan fingerprint density at radius 1 is 0.929 bits per heavy atom. The molecule has 1 fully saturated rings. The number of benzene rings is 2. The SMILES string of the molecule is O=C(NNS(=O)(=O)c1cccc(Br)c1)c1cccc(S(=O)(=O)N2CCCC2)c1. The van der Waals surface area contributed by atoms with Gasteiger partial charge in [0, 0.05) is 23.1 Å². The summed E-state index contributed by atoms with van der Waals surface area (Å²) >= 11 is 3.19. The molecule has 0 atom stereocenters. The van der Waals surface area contributed by atoms with Gasteiger partial charge in [0.05, 0.1) is 9.79 Å². The first kappa shape index (κ1) is 20.9. The molecule has 0 aliphatic carbocycles. The molecular weight excluding hydrogens is 470 g/mol. The van der Waals surface area contributed by atoms with Gasteiger partial charge in [0.2, 0.25) is 10.0 Å². The number of hydrogen-bond donors (Lipinski definition) is 2. The van der Waals surface area contributed by atoms with E-state index < -0.39 is 26.0 Å². The number of hydrazine groups is 1. The van der Waals surface area contributed by atoms with Gasteiger partial charge in [-0.05, 0) is 49.2 Å². The van der Waals surface area contributed by atoms with Crippen molar-refractivity contribution in [1.29, 1.82) is 0 Å². The summed E-state index contributed by atoms with van der Waals surface area (Å²) in [6.07, 6.45) is 1.60. The van der Waals surface area contributed by atoms with Gasteiger partial charge >= 0.3 is 0 Å². The molecule has 0 saturated carbocycles. The van der Waals surface area contributed by atoms with E-state index >= 15 is 0 Å². The van der Waals surface area contributed by atoms with Crippen LogP contribution >= 0.6 is 15.9 Å². The Balaban J connectivity index is 1.75. The molecule has 2 aromatic rings. The standard InChI is InChI=1S/C17H18BrN3O5S2/c18-14-6-4-7-15(12-14)27(23,24)20-19-17(22)13-5-3-8-16(11-13)28(25,26)21-9-1-2-10-21/h3-8,11-12,20H,1-2,9-10H2,(H,19,22). The molecule has 1 amide bonds. The smallest absolute Gasteiger partial charge is 0.266 e. The number of halogens is 1. The van der Waals surface area contributed by atoms with Crippen LogP contribution < -0.4 is 10.3 Å². The third kappa shape index (κ3) is 4.61. The number of nitrogens with zero attached hydrogens (tertiary/aromatic N) is 1. The molecule has 1 aliphatic heterocycles. The van der Waals surface area contributed by atoms with Gasteiger partial charge < -0.3 is 0 Å². The second kappa shape index (κ2) is 8.29. The fourth-order valence-electron chi connectivity index (χ4n) is 2.75. The molecule has 0 bridgehead atoms. The molecule has 2 N–H and O–H groups in total. The van der Waals surface area contributed by atoms with E-state index in [1.165, 1.54) is 40.7 Å². The van der Waals surface area contributed by atoms with Crippen LogP contribution in [0, 0.1) is 0 Å². The summed E-state index contributed by atoms with van der Waals surface area (Å²) in [6, 6.07) is 11.5. The van der Waals surface area contributed by atoms with E-state index in [2.05, 4.69) is 21.4 Å². The van der Waals surface area contributed by atoms with Crippen LogP contribution in [0.15, 0.2) is 62.8 Å². The molecule has 1 heterocycles. The van der Waals surface area contributed by atoms with Crippen molar-refractivity contribution in [3.63, 3.8) is 0 Å². The maximum atomic E-state index is 12.6. The lowest BCUT2D eigenvalue weighted by atomic mass is 10.2. The molecule has 28 heavy (non-hydrogen) atoms. The Morgan fingerprint density at radius 3 is 2.25 bits per heavy atom. The van der Waals surface area contributed by atoms with Crippen molar-refractivity contribution >= 4 is 41.9 Å². The van der Waals surface area contributed by atoms with Gasteiger partial charge in [-0.25, -0.2) is 16.8 Å². The van der Waals surface area contributed by atoms with E-state index in [1.54, 1.807) is 12.1 Å². The van der Waals surface area contributed by atoms with Gasteiger partial charge in [-0.1, -0.05) is 28.1 Å². The highest BCUT2D eigenvalue weighted by Crippen LogP contribution is 2.21. The van der Waals surface area contributed by atoms with E-state index in [9.17, 15) is 21.6 Å². The largest absolute Gasteiger partial charge is 0.273 e. The molecule has 11 heteroatoms. The summed E-state index contributed by atoms with van der Waals surface area (Å²) in [6.45, 7) is 0.899. The normalized spacial score (nSPS) is 15.5. The summed E-state index contributed by atoms with van der Waals surface area (Å²) < 4.78 is 51.7. The Bertz CT molecular complexity index is 1100. The number of carbonyl (C=O) groups is 1. The zero-order valence-corrected chi connectivity index (χ0v) is 17.8. The lowest BCUT2D eigenvalue weighted by molar-refractivity contribution is 0.0945. The van der Waals surface area contributed by atoms with Gasteiger partial charge in [0.15, 0.2) is 0 Å². The van der Waals surface area contributed by atoms with Crippen molar-refractivity contribution in [3.8, 4) is 0 Å². The van der Waals surface area contributed by atoms with Crippen molar-refractivity contribution < 1.29 is 21.6 Å². The number of sulfonamides is 2. The summed E-state index contributed by atoms with van der Waals surface area (Å²) in [5, 5.41) is 0. The molecule has 0 aromatic heterocycles. The highest BCUT2D eigenvalue weighted by molar-refractivity contribution is 9.10. The van der Waals surface area contributed by atoms with Crippen molar-refractivity contribution in [1.82, 2.24) is 14.6 Å². The number of rotatable bonds is 6. The molecule has 1 saturated heterocycles. The lowest BCUT2D eigenvalue weighted by Gasteiger charge is -2.16. The number of amides is 1. The van der Waals surface area contributed by atoms with Crippen LogP contribution in [0.1, 0.15) is 23.2 Å². The molecule has 2 aromatic carbocycles. The van der Waals surface area contributed by atoms with Crippen LogP contribution in [0.25, 0.3) is 0 Å². The van der Waals surface area contributed by atoms with Crippen LogP contribution in [0.4, 0.5) is 0 Å². The van der Waals surface area contributed by atoms with Gasteiger partial charge in [-0.2, -0.15) is 4.31 Å². The predicted octanol–water partition coefficient (Wildman–Crippen LogP) is 1.86. The Hall–Kier alpha value is -1.79. The van der Waals surface area contributed by atoms with Crippen molar-refractivity contribution in [2.75, 3.05) is 13.1 Å². The molecular formula is C17H18BrN3O5S2. The van der Waals surface area contributed by atoms with Crippen molar-refractivity contribution in [2.45, 2.75) is 22.6 Å². The first-order valence-electron chi connectivity index (χ1n) is 8.38. The number of hydrogen-bond acceptors (Lipinski definition) is 5. The van der Waals surface area contributed by atoms with Crippen LogP contribution in [-0.2, 0) is 20.0 Å². The predicted molar refractivity (Wildman–Crippen MR) is 106 cm³/mol. The van der Waals surface area contributed by atoms with Gasteiger partial charge in [-0.3, -0.25) is 10.2 Å². The van der Waals surface area contributed by atoms with Crippen molar-refractivity contribution in [3.05, 3.63) is 58.6 Å². The monoisotopic (exact) mass is 487 g/mol. The zero-order chi connectivity index (χ0) is 20.4. The highest BCUT2D eigenvalue weighted by atomic mass is 79.9. The molecule has 150 valence electrons. The van der Waals surface area contributed by atoms with Crippen LogP contribution in [0.3, 0.4) is 0 Å². The Morgan fingerprint density at radius 2 is 1.57 bits per heavy atom. The Labute approximate surface area is 172 Å². The van der Waals surface area contributed by atoms with E-state index in [0.717, 1.165) is 12.8 Å². The van der Waals surface area contributed by atoms with Gasteiger partial charge in [-0.15, -0.1) is 4.83 Å². The summed E-state index contributed by atoms with van der Waals surface area (Å²) in [4.78, 5) is 14.3. The fourth-order valence-corrected chi connectivity index (χ4v) is 5.75. The minimum absolute atomic E-state index is 0.00287. The minimum atomic E-state index is -3.98. The molecule has 0 spiro atoms. The quantitative estimate of drug-likeness (QED) is 0.603. The molecule has 1 aliphatic rings. The maximum Gasteiger partial charge on any atom is 0.266 e. The maximum absolute atomic E-state index is 12.6. The van der Waals surface area contributed by atoms with Gasteiger partial charge in [0.1, 0.15) is 0 Å². The first-order chi connectivity index (χ1) is 13.2. The lowest BCUT2D eigenvalue weighted by Crippen LogP contribution is -2.41. The second-order valence-corrected chi connectivity index (χ2v) is 10.7. The van der Waals surface area contributed by atoms with Crippen LogP contribution in [-0.4, -0.2) is 40.1 Å². The number of carbonyl (C=O) groups excluding carboxylic acids is 1. The third-order valence-corrected chi connectivity index (χ3v) is 7.84. The second-order valence-electron chi connectivity index (χ2n) is 6.16. The zero-order valence-electron chi connectivity index (χ0n) is 14.6. The third-order valence-electron chi connectivity index (χ3n) is 4.20. The molecule has 0 radical (unpaired) electrons. The number of nitrogens with one attached hydrogen (secondary N) is 2. The first-order valence-corrected chi connectivity index (χ1v) is 12.1. The fraction of sp³-hybridized carbons (Fsp3) is 0.235. The molecule has 3 rings (SSSR count). The van der Waals surface area contributed by atoms with Gasteiger partial charge in [0.25, 0.3) is 15.9 Å². The summed E-state index contributed by atoms with van der Waals surface area (Å²) in [5.74, 6) is -0.767.